The summed E-state index contributed by atoms with van der Waals surface area (Å²) >= 11 is 1.25. The highest BCUT2D eigenvalue weighted by atomic mass is 32.2. The van der Waals surface area contributed by atoms with Crippen molar-refractivity contribution in [2.24, 2.45) is 0 Å². The van der Waals surface area contributed by atoms with Gasteiger partial charge in [-0.2, -0.15) is 5.21 Å². The number of aliphatic hydroxyl groups is 1. The lowest BCUT2D eigenvalue weighted by atomic mass is 10.0. The van der Waals surface area contributed by atoms with Gasteiger partial charge in [0.2, 0.25) is 0 Å². The van der Waals surface area contributed by atoms with Gasteiger partial charge < -0.3 is 10.0 Å². The van der Waals surface area contributed by atoms with Gasteiger partial charge in [-0.15, -0.1) is 10.2 Å². The number of benzene rings is 1. The Balaban J connectivity index is 1.46. The molecule has 1 aromatic heterocycles. The average Bonchev–Trinajstić information content (AvgIpc) is 3.39. The van der Waals surface area contributed by atoms with E-state index in [9.17, 15) is 14.3 Å². The lowest BCUT2D eigenvalue weighted by Gasteiger charge is -2.21. The van der Waals surface area contributed by atoms with Gasteiger partial charge in [-0.1, -0.05) is 71.6 Å². The fraction of sp³-hybridized carbons (Fsp3) is 0.400. The summed E-state index contributed by atoms with van der Waals surface area (Å²) in [6, 6.07) is 8.43. The first-order valence-electron chi connectivity index (χ1n) is 9.51. The number of rotatable bonds is 10. The predicted molar refractivity (Wildman–Crippen MR) is 110 cm³/mol. The summed E-state index contributed by atoms with van der Waals surface area (Å²) in [6.45, 7) is 0.577. The minimum Gasteiger partial charge on any atom is -0.386 e. The first kappa shape index (κ1) is 21.2. The highest BCUT2D eigenvalue weighted by molar-refractivity contribution is 8.13. The smallest absolute Gasteiger partial charge is 0.282 e. The maximum atomic E-state index is 14.4. The van der Waals surface area contributed by atoms with E-state index in [4.69, 9.17) is 0 Å². The Bertz CT molecular complexity index is 816. The topological polar surface area (TPSA) is 95.0 Å². The Morgan fingerprint density at radius 2 is 2.10 bits per heavy atom. The third-order valence-corrected chi connectivity index (χ3v) is 5.58. The molecule has 3 atom stereocenters. The molecule has 7 nitrogen and oxygen atoms in total. The van der Waals surface area contributed by atoms with Crippen LogP contribution in [0.25, 0.3) is 0 Å². The molecule has 0 spiro atoms. The molecule has 154 valence electrons. The molecular formula is C20H24FN5O2S. The van der Waals surface area contributed by atoms with Gasteiger partial charge >= 0.3 is 0 Å². The highest BCUT2D eigenvalue weighted by Crippen LogP contribution is 2.27. The Hall–Kier alpha value is -2.52. The van der Waals surface area contributed by atoms with Crippen LogP contribution in [0.15, 0.2) is 54.6 Å². The van der Waals surface area contributed by atoms with Crippen molar-refractivity contribution < 1.29 is 14.3 Å². The van der Waals surface area contributed by atoms with Crippen molar-refractivity contribution >= 4 is 17.0 Å². The van der Waals surface area contributed by atoms with Crippen LogP contribution in [0, 0.1) is 0 Å². The number of carbonyl (C=O) groups excluding carboxylic acids is 1. The van der Waals surface area contributed by atoms with Gasteiger partial charge in [0.15, 0.2) is 12.0 Å². The molecule has 2 aromatic rings. The van der Waals surface area contributed by atoms with Gasteiger partial charge in [0, 0.05) is 18.7 Å². The second-order valence-corrected chi connectivity index (χ2v) is 7.62. The molecule has 9 heteroatoms. The van der Waals surface area contributed by atoms with E-state index >= 15 is 0 Å². The van der Waals surface area contributed by atoms with Crippen LogP contribution >= 0.6 is 11.8 Å². The number of carbonyl (C=O) groups is 1. The Labute approximate surface area is 173 Å². The zero-order chi connectivity index (χ0) is 20.5. The summed E-state index contributed by atoms with van der Waals surface area (Å²) in [7, 11) is 0. The number of amides is 1. The number of halogens is 1. The van der Waals surface area contributed by atoms with Crippen molar-refractivity contribution in [2.45, 2.75) is 37.6 Å². The van der Waals surface area contributed by atoms with Gasteiger partial charge in [0.25, 0.3) is 5.24 Å². The Morgan fingerprint density at radius 3 is 2.86 bits per heavy atom. The summed E-state index contributed by atoms with van der Waals surface area (Å²) in [5.41, 5.74) is 0.435. The third-order valence-electron chi connectivity index (χ3n) is 4.59. The average molecular weight is 418 g/mol. The van der Waals surface area contributed by atoms with E-state index in [1.807, 2.05) is 12.2 Å². The number of nitrogens with zero attached hydrogens (tertiary/aromatic N) is 4. The number of aliphatic hydroxyl groups excluding tert-OH is 1. The van der Waals surface area contributed by atoms with Crippen molar-refractivity contribution in [2.75, 3.05) is 12.3 Å². The molecular weight excluding hydrogens is 393 g/mol. The van der Waals surface area contributed by atoms with Crippen molar-refractivity contribution in [1.29, 1.82) is 0 Å². The van der Waals surface area contributed by atoms with Crippen molar-refractivity contribution in [3.8, 4) is 0 Å². The highest BCUT2D eigenvalue weighted by Gasteiger charge is 2.29. The predicted octanol–water partition coefficient (Wildman–Crippen LogP) is 3.24. The maximum absolute atomic E-state index is 14.4. The van der Waals surface area contributed by atoms with Gasteiger partial charge in [-0.3, -0.25) is 4.79 Å². The summed E-state index contributed by atoms with van der Waals surface area (Å²) in [5.74, 6) is 1.28. The SMILES string of the molecule is O=C1SCC(C=CC(O)C(F)c2ccccc2)N1CCC=CCCc1nn[nH]n1. The molecule has 1 aliphatic rings. The van der Waals surface area contributed by atoms with E-state index in [1.165, 1.54) is 17.8 Å². The number of alkyl halides is 1. The van der Waals surface area contributed by atoms with E-state index in [0.717, 1.165) is 12.8 Å². The van der Waals surface area contributed by atoms with E-state index in [1.54, 1.807) is 41.3 Å². The fourth-order valence-electron chi connectivity index (χ4n) is 3.01. The van der Waals surface area contributed by atoms with E-state index < -0.39 is 12.3 Å². The van der Waals surface area contributed by atoms with Gasteiger partial charge in [-0.05, 0) is 18.4 Å². The molecule has 0 aliphatic carbocycles. The summed E-state index contributed by atoms with van der Waals surface area (Å²) < 4.78 is 14.4. The van der Waals surface area contributed by atoms with Crippen LogP contribution in [-0.2, 0) is 6.42 Å². The minimum absolute atomic E-state index is 0.00851. The number of nitrogens with one attached hydrogen (secondary N) is 1. The number of hydrogen-bond acceptors (Lipinski definition) is 6. The number of tetrazole rings is 1. The Morgan fingerprint density at radius 1 is 1.31 bits per heavy atom. The summed E-state index contributed by atoms with van der Waals surface area (Å²) in [4.78, 5) is 13.9. The Kier molecular flexibility index (Phi) is 7.94. The molecule has 0 radical (unpaired) electrons. The standard InChI is InChI=1S/C20H24FN5O2S/c21-19(15-8-4-3-5-9-15)17(27)12-11-16-14-29-20(28)26(16)13-7-2-1-6-10-18-22-24-25-23-18/h1-5,8-9,11-12,16-17,19,27H,6-7,10,13-14H2,(H,22,23,24,25). The lowest BCUT2D eigenvalue weighted by Crippen LogP contribution is -2.32. The van der Waals surface area contributed by atoms with Crippen LogP contribution in [0.5, 0.6) is 0 Å². The van der Waals surface area contributed by atoms with Crippen molar-refractivity contribution in [3.05, 3.63) is 66.0 Å². The molecule has 1 aliphatic heterocycles. The molecule has 0 bridgehead atoms. The lowest BCUT2D eigenvalue weighted by molar-refractivity contribution is 0.116. The van der Waals surface area contributed by atoms with Gasteiger partial charge in [0.05, 0.1) is 6.04 Å². The first-order valence-corrected chi connectivity index (χ1v) is 10.5. The number of aromatic nitrogens is 4. The fourth-order valence-corrected chi connectivity index (χ4v) is 4.00. The van der Waals surface area contributed by atoms with E-state index in [-0.39, 0.29) is 11.3 Å². The number of thioether (sulfide) groups is 1. The van der Waals surface area contributed by atoms with E-state index in [2.05, 4.69) is 20.6 Å². The summed E-state index contributed by atoms with van der Waals surface area (Å²) in [6.07, 6.45) is 6.74. The molecule has 2 heterocycles. The molecule has 1 aromatic carbocycles. The van der Waals surface area contributed by atoms with Gasteiger partial charge in [-0.25, -0.2) is 4.39 Å². The molecule has 1 fully saturated rings. The van der Waals surface area contributed by atoms with Crippen LogP contribution in [0.3, 0.4) is 0 Å². The minimum atomic E-state index is -1.49. The molecule has 3 rings (SSSR count). The van der Waals surface area contributed by atoms with Crippen molar-refractivity contribution in [3.63, 3.8) is 0 Å². The number of aryl methyl sites for hydroxylation is 1. The van der Waals surface area contributed by atoms with Crippen LogP contribution in [0.1, 0.15) is 30.4 Å². The second kappa shape index (κ2) is 10.9. The van der Waals surface area contributed by atoms with Gasteiger partial charge in [0.1, 0.15) is 6.10 Å². The third kappa shape index (κ3) is 6.23. The molecule has 1 amide bonds. The number of hydrogen-bond donors (Lipinski definition) is 2. The zero-order valence-electron chi connectivity index (χ0n) is 15.9. The molecule has 29 heavy (non-hydrogen) atoms. The van der Waals surface area contributed by atoms with Crippen LogP contribution < -0.4 is 0 Å². The van der Waals surface area contributed by atoms with Crippen LogP contribution in [0.4, 0.5) is 9.18 Å². The molecule has 2 N–H and O–H groups in total. The summed E-state index contributed by atoms with van der Waals surface area (Å²) in [5, 5.41) is 23.9. The maximum Gasteiger partial charge on any atom is 0.282 e. The molecule has 0 saturated carbocycles. The molecule has 3 unspecified atom stereocenters. The monoisotopic (exact) mass is 417 g/mol. The number of aromatic amines is 1. The largest absolute Gasteiger partial charge is 0.386 e. The normalized spacial score (nSPS) is 19.4. The second-order valence-electron chi connectivity index (χ2n) is 6.65. The van der Waals surface area contributed by atoms with Crippen molar-refractivity contribution in [1.82, 2.24) is 25.5 Å². The van der Waals surface area contributed by atoms with Crippen LogP contribution in [-0.4, -0.2) is 60.3 Å². The zero-order valence-corrected chi connectivity index (χ0v) is 16.7. The van der Waals surface area contributed by atoms with E-state index in [0.29, 0.717) is 30.1 Å². The van der Waals surface area contributed by atoms with Crippen LogP contribution in [0.2, 0.25) is 0 Å². The molecule has 1 saturated heterocycles. The number of allylic oxidation sites excluding steroid dienone is 1. The number of H-pyrrole nitrogens is 1. The first-order chi connectivity index (χ1) is 14.1. The quantitative estimate of drug-likeness (QED) is 0.576.